The number of fused-ring (bicyclic) bond motifs is 1. The van der Waals surface area contributed by atoms with Crippen molar-refractivity contribution in [1.82, 2.24) is 4.57 Å². The van der Waals surface area contributed by atoms with E-state index in [1.54, 1.807) is 48.9 Å². The number of nitrogens with zero attached hydrogens (tertiary/aromatic N) is 2. The van der Waals surface area contributed by atoms with Gasteiger partial charge in [0.05, 0.1) is 40.6 Å². The minimum absolute atomic E-state index is 0.175. The molecule has 0 aliphatic carbocycles. The van der Waals surface area contributed by atoms with Crippen molar-refractivity contribution in [1.29, 1.82) is 0 Å². The summed E-state index contributed by atoms with van der Waals surface area (Å²) in [5.74, 6) is 1.22. The maximum atomic E-state index is 14.1. The molecule has 7 nitrogen and oxygen atoms in total. The van der Waals surface area contributed by atoms with Gasteiger partial charge in [-0.15, -0.1) is 0 Å². The van der Waals surface area contributed by atoms with Crippen molar-refractivity contribution in [2.45, 2.75) is 13.0 Å². The van der Waals surface area contributed by atoms with Crippen molar-refractivity contribution in [2.24, 2.45) is 4.99 Å². The van der Waals surface area contributed by atoms with Crippen LogP contribution in [0.5, 0.6) is 5.75 Å². The van der Waals surface area contributed by atoms with Crippen molar-refractivity contribution in [3.63, 3.8) is 0 Å². The number of halogens is 2. The van der Waals surface area contributed by atoms with E-state index in [1.165, 1.54) is 11.3 Å². The van der Waals surface area contributed by atoms with Crippen molar-refractivity contribution in [3.8, 4) is 17.1 Å². The maximum Gasteiger partial charge on any atom is 0.338 e. The average molecular weight is 676 g/mol. The number of carbonyl (C=O) groups is 1. The Morgan fingerprint density at radius 3 is 2.53 bits per heavy atom. The lowest BCUT2D eigenvalue weighted by atomic mass is 9.93. The topological polar surface area (TPSA) is 83.0 Å². The fourth-order valence-corrected chi connectivity index (χ4v) is 6.31. The highest BCUT2D eigenvalue weighted by atomic mass is 79.9. The van der Waals surface area contributed by atoms with Crippen molar-refractivity contribution in [2.75, 3.05) is 13.7 Å². The van der Waals surface area contributed by atoms with E-state index in [4.69, 9.17) is 30.5 Å². The van der Waals surface area contributed by atoms with Gasteiger partial charge in [-0.05, 0) is 64.8 Å². The van der Waals surface area contributed by atoms with Gasteiger partial charge in [0.2, 0.25) is 0 Å². The number of hydrogen-bond acceptors (Lipinski definition) is 7. The predicted molar refractivity (Wildman–Crippen MR) is 171 cm³/mol. The molecule has 3 heterocycles. The monoisotopic (exact) mass is 674 g/mol. The zero-order valence-electron chi connectivity index (χ0n) is 23.0. The molecule has 216 valence electrons. The van der Waals surface area contributed by atoms with E-state index in [2.05, 4.69) is 15.9 Å². The van der Waals surface area contributed by atoms with Gasteiger partial charge >= 0.3 is 5.97 Å². The number of hydrogen-bond donors (Lipinski definition) is 0. The maximum absolute atomic E-state index is 14.1. The molecule has 0 radical (unpaired) electrons. The van der Waals surface area contributed by atoms with Crippen molar-refractivity contribution < 1.29 is 18.7 Å². The summed E-state index contributed by atoms with van der Waals surface area (Å²) >= 11 is 10.9. The molecule has 0 saturated carbocycles. The number of ether oxygens (including phenoxy) is 2. The van der Waals surface area contributed by atoms with Crippen LogP contribution < -0.4 is 19.6 Å². The van der Waals surface area contributed by atoms with E-state index in [0.717, 1.165) is 15.6 Å². The minimum atomic E-state index is -0.782. The van der Waals surface area contributed by atoms with E-state index >= 15 is 0 Å². The second kappa shape index (κ2) is 12.2. The summed E-state index contributed by atoms with van der Waals surface area (Å²) in [6.45, 7) is 1.92. The second-order valence-electron chi connectivity index (χ2n) is 9.54. The Kier molecular flexibility index (Phi) is 8.21. The van der Waals surface area contributed by atoms with Crippen LogP contribution in [-0.4, -0.2) is 24.3 Å². The highest BCUT2D eigenvalue weighted by molar-refractivity contribution is 9.10. The number of aromatic nitrogens is 1. The van der Waals surface area contributed by atoms with Crippen LogP contribution in [0.4, 0.5) is 0 Å². The van der Waals surface area contributed by atoms with Gasteiger partial charge in [-0.25, -0.2) is 9.79 Å². The van der Waals surface area contributed by atoms with E-state index in [9.17, 15) is 9.59 Å². The fraction of sp³-hybridized carbons (Fsp3) is 0.121. The third-order valence-electron chi connectivity index (χ3n) is 6.91. The summed E-state index contributed by atoms with van der Waals surface area (Å²) < 4.78 is 19.7. The number of furan rings is 1. The minimum Gasteiger partial charge on any atom is -0.497 e. The Balaban J connectivity index is 1.55. The molecule has 0 bridgehead atoms. The third-order valence-corrected chi connectivity index (χ3v) is 9.12. The lowest BCUT2D eigenvalue weighted by molar-refractivity contribution is -0.138. The molecule has 3 aromatic carbocycles. The highest BCUT2D eigenvalue weighted by Crippen LogP contribution is 2.36. The molecule has 0 amide bonds. The molecule has 0 spiro atoms. The Morgan fingerprint density at radius 2 is 1.84 bits per heavy atom. The number of methoxy groups -OCH3 is 1. The van der Waals surface area contributed by atoms with Gasteiger partial charge in [-0.1, -0.05) is 71.5 Å². The van der Waals surface area contributed by atoms with E-state index in [0.29, 0.717) is 42.9 Å². The van der Waals surface area contributed by atoms with Gasteiger partial charge in [-0.3, -0.25) is 9.36 Å². The summed E-state index contributed by atoms with van der Waals surface area (Å²) in [6.07, 6.45) is 1.69. The lowest BCUT2D eigenvalue weighted by Crippen LogP contribution is -2.40. The normalized spacial score (nSPS) is 14.8. The van der Waals surface area contributed by atoms with E-state index in [1.807, 2.05) is 60.7 Å². The van der Waals surface area contributed by atoms with Gasteiger partial charge in [-0.2, -0.15) is 0 Å². The van der Waals surface area contributed by atoms with Crippen LogP contribution in [0.3, 0.4) is 0 Å². The van der Waals surface area contributed by atoms with E-state index in [-0.39, 0.29) is 17.7 Å². The first-order valence-electron chi connectivity index (χ1n) is 13.4. The van der Waals surface area contributed by atoms with Crippen LogP contribution in [0.2, 0.25) is 5.02 Å². The number of thiazole rings is 1. The molecular weight excluding hydrogens is 652 g/mol. The average Bonchev–Trinajstić information content (AvgIpc) is 3.62. The second-order valence-corrected chi connectivity index (χ2v) is 11.8. The Hall–Kier alpha value is -4.18. The third kappa shape index (κ3) is 5.63. The molecule has 1 aliphatic heterocycles. The van der Waals surface area contributed by atoms with Gasteiger partial charge in [0.25, 0.3) is 5.56 Å². The molecule has 0 saturated heterocycles. The van der Waals surface area contributed by atoms with Gasteiger partial charge in [0, 0.05) is 21.7 Å². The summed E-state index contributed by atoms with van der Waals surface area (Å²) in [4.78, 5) is 33.0. The molecule has 10 heteroatoms. The SMILES string of the molecule is CCOC(=O)C1=C(c2ccccc2)N=c2s/c(=C\c3ccc(-c4ccc(Br)c(Cl)c4)o3)c(=O)n2[C@@H]1c1ccc(OC)cc1. The molecule has 6 rings (SSSR count). The van der Waals surface area contributed by atoms with Crippen molar-refractivity contribution >= 4 is 56.6 Å². The largest absolute Gasteiger partial charge is 0.497 e. The predicted octanol–water partition coefficient (Wildman–Crippen LogP) is 6.62. The van der Waals surface area contributed by atoms with Gasteiger partial charge in [0.1, 0.15) is 17.3 Å². The first-order chi connectivity index (χ1) is 20.9. The smallest absolute Gasteiger partial charge is 0.338 e. The van der Waals surface area contributed by atoms with Crippen molar-refractivity contribution in [3.05, 3.63) is 137 Å². The zero-order chi connectivity index (χ0) is 30.1. The van der Waals surface area contributed by atoms with Crippen LogP contribution in [0.25, 0.3) is 23.1 Å². The van der Waals surface area contributed by atoms with Crippen LogP contribution in [0.15, 0.2) is 109 Å². The number of benzene rings is 3. The van der Waals surface area contributed by atoms with Gasteiger partial charge in [0.15, 0.2) is 4.80 Å². The first-order valence-corrected chi connectivity index (χ1v) is 15.3. The summed E-state index contributed by atoms with van der Waals surface area (Å²) in [7, 11) is 1.58. The van der Waals surface area contributed by atoms with Crippen LogP contribution >= 0.6 is 38.9 Å². The molecule has 0 fully saturated rings. The van der Waals surface area contributed by atoms with Crippen LogP contribution in [-0.2, 0) is 9.53 Å². The number of rotatable bonds is 7. The summed E-state index contributed by atoms with van der Waals surface area (Å²) in [5, 5.41) is 0.564. The van der Waals surface area contributed by atoms with Crippen LogP contribution in [0, 0.1) is 0 Å². The Labute approximate surface area is 264 Å². The quantitative estimate of drug-likeness (QED) is 0.181. The molecule has 2 aromatic heterocycles. The molecule has 5 aromatic rings. The Morgan fingerprint density at radius 1 is 1.07 bits per heavy atom. The zero-order valence-corrected chi connectivity index (χ0v) is 26.2. The fourth-order valence-electron chi connectivity index (χ4n) is 4.91. The molecule has 43 heavy (non-hydrogen) atoms. The Bertz CT molecular complexity index is 2050. The number of esters is 1. The first kappa shape index (κ1) is 28.9. The van der Waals surface area contributed by atoms with E-state index < -0.39 is 12.0 Å². The summed E-state index contributed by atoms with van der Waals surface area (Å²) in [6, 6.07) is 25.1. The van der Waals surface area contributed by atoms with Crippen LogP contribution in [0.1, 0.15) is 29.9 Å². The standard InChI is InChI=1S/C33H24BrClN2O5S/c1-3-41-32(39)28-29(19-7-5-4-6-8-19)36-33-37(30(28)20-9-12-22(40-2)13-10-20)31(38)27(43-33)18-23-14-16-26(42-23)21-11-15-24(34)25(35)17-21/h4-18,30H,3H2,1-2H3/b27-18-/t30-/m1/s1. The molecule has 1 aliphatic rings. The molecular formula is C33H24BrClN2O5S. The summed E-state index contributed by atoms with van der Waals surface area (Å²) in [5.41, 5.74) is 2.70. The molecule has 0 unspecified atom stereocenters. The number of carbonyl (C=O) groups excluding carboxylic acids is 1. The highest BCUT2D eigenvalue weighted by Gasteiger charge is 2.35. The van der Waals surface area contributed by atoms with Gasteiger partial charge < -0.3 is 13.9 Å². The lowest BCUT2D eigenvalue weighted by Gasteiger charge is -2.26. The molecule has 1 atom stereocenters. The molecule has 0 N–H and O–H groups in total.